The van der Waals surface area contributed by atoms with E-state index in [0.717, 1.165) is 0 Å². The van der Waals surface area contributed by atoms with Gasteiger partial charge < -0.3 is 10.4 Å². The minimum Gasteiger partial charge on any atom is -0.480 e. The Morgan fingerprint density at radius 2 is 2.08 bits per heavy atom. The molecule has 12 heavy (non-hydrogen) atoms. The van der Waals surface area contributed by atoms with Crippen LogP contribution in [0.1, 0.15) is 20.8 Å². The van der Waals surface area contributed by atoms with Gasteiger partial charge in [-0.15, -0.1) is 0 Å². The SMILES string of the molecule is CC1C(=O)NC(C(=O)O)C1(C)C. The van der Waals surface area contributed by atoms with E-state index in [-0.39, 0.29) is 11.8 Å². The quantitative estimate of drug-likeness (QED) is 0.593. The molecule has 0 saturated carbocycles. The van der Waals surface area contributed by atoms with E-state index in [1.807, 2.05) is 0 Å². The molecule has 1 aliphatic rings. The van der Waals surface area contributed by atoms with Crippen molar-refractivity contribution < 1.29 is 14.7 Å². The molecule has 2 atom stereocenters. The zero-order chi connectivity index (χ0) is 9.52. The molecule has 0 aromatic rings. The largest absolute Gasteiger partial charge is 0.480 e. The molecular weight excluding hydrogens is 158 g/mol. The van der Waals surface area contributed by atoms with Crippen LogP contribution in [0.4, 0.5) is 0 Å². The first-order valence-electron chi connectivity index (χ1n) is 3.90. The number of amides is 1. The van der Waals surface area contributed by atoms with Gasteiger partial charge in [0.2, 0.25) is 5.91 Å². The van der Waals surface area contributed by atoms with Crippen molar-refractivity contribution in [3.05, 3.63) is 0 Å². The predicted molar refractivity (Wildman–Crippen MR) is 42.5 cm³/mol. The van der Waals surface area contributed by atoms with Crippen molar-refractivity contribution in [1.29, 1.82) is 0 Å². The molecule has 0 aromatic heterocycles. The number of carbonyl (C=O) groups is 2. The van der Waals surface area contributed by atoms with Crippen LogP contribution in [0, 0.1) is 11.3 Å². The highest BCUT2D eigenvalue weighted by Crippen LogP contribution is 2.35. The Bertz CT molecular complexity index is 234. The molecule has 4 heteroatoms. The zero-order valence-corrected chi connectivity index (χ0v) is 7.42. The fourth-order valence-electron chi connectivity index (χ4n) is 1.42. The summed E-state index contributed by atoms with van der Waals surface area (Å²) in [6.07, 6.45) is 0. The number of carboxylic acids is 1. The van der Waals surface area contributed by atoms with Gasteiger partial charge in [0.1, 0.15) is 6.04 Å². The van der Waals surface area contributed by atoms with Crippen LogP contribution in [-0.2, 0) is 9.59 Å². The Morgan fingerprint density at radius 1 is 1.58 bits per heavy atom. The molecule has 4 nitrogen and oxygen atoms in total. The Morgan fingerprint density at radius 3 is 2.25 bits per heavy atom. The van der Waals surface area contributed by atoms with Gasteiger partial charge in [-0.3, -0.25) is 4.79 Å². The Hall–Kier alpha value is -1.06. The number of rotatable bonds is 1. The third kappa shape index (κ3) is 1.07. The number of hydrogen-bond acceptors (Lipinski definition) is 2. The predicted octanol–water partition coefficient (Wildman–Crippen LogP) is 0.232. The molecule has 0 radical (unpaired) electrons. The molecule has 2 unspecified atom stereocenters. The van der Waals surface area contributed by atoms with Crippen LogP contribution in [0.25, 0.3) is 0 Å². The summed E-state index contributed by atoms with van der Waals surface area (Å²) in [6, 6.07) is -0.750. The van der Waals surface area contributed by atoms with Crippen molar-refractivity contribution >= 4 is 11.9 Å². The molecule has 1 rings (SSSR count). The summed E-state index contributed by atoms with van der Waals surface area (Å²) < 4.78 is 0. The van der Waals surface area contributed by atoms with Crippen LogP contribution in [-0.4, -0.2) is 23.0 Å². The smallest absolute Gasteiger partial charge is 0.326 e. The number of hydrogen-bond donors (Lipinski definition) is 2. The van der Waals surface area contributed by atoms with Crippen LogP contribution >= 0.6 is 0 Å². The molecule has 68 valence electrons. The van der Waals surface area contributed by atoms with Gasteiger partial charge in [0.05, 0.1) is 0 Å². The molecule has 1 amide bonds. The van der Waals surface area contributed by atoms with Crippen molar-refractivity contribution in [3.8, 4) is 0 Å². The van der Waals surface area contributed by atoms with Gasteiger partial charge >= 0.3 is 5.97 Å². The van der Waals surface area contributed by atoms with Crippen molar-refractivity contribution in [3.63, 3.8) is 0 Å². The Kier molecular flexibility index (Phi) is 1.86. The van der Waals surface area contributed by atoms with Crippen molar-refractivity contribution in [2.24, 2.45) is 11.3 Å². The molecule has 2 N–H and O–H groups in total. The molecule has 1 heterocycles. The van der Waals surface area contributed by atoms with Gasteiger partial charge in [0, 0.05) is 11.3 Å². The van der Waals surface area contributed by atoms with Gasteiger partial charge in [0.15, 0.2) is 0 Å². The topological polar surface area (TPSA) is 66.4 Å². The summed E-state index contributed by atoms with van der Waals surface area (Å²) in [5, 5.41) is 11.2. The van der Waals surface area contributed by atoms with E-state index in [4.69, 9.17) is 5.11 Å². The van der Waals surface area contributed by atoms with Crippen molar-refractivity contribution in [2.45, 2.75) is 26.8 Å². The standard InChI is InChI=1S/C8H13NO3/c1-4-6(10)9-5(7(11)12)8(4,2)3/h4-5H,1-3H3,(H,9,10)(H,11,12). The van der Waals surface area contributed by atoms with E-state index >= 15 is 0 Å². The summed E-state index contributed by atoms with van der Waals surface area (Å²) in [4.78, 5) is 21.8. The molecule has 0 aliphatic carbocycles. The monoisotopic (exact) mass is 171 g/mol. The second-order valence-corrected chi connectivity index (χ2v) is 3.82. The van der Waals surface area contributed by atoms with Crippen LogP contribution in [0.5, 0.6) is 0 Å². The number of nitrogens with one attached hydrogen (secondary N) is 1. The first-order valence-corrected chi connectivity index (χ1v) is 3.90. The third-order valence-corrected chi connectivity index (χ3v) is 2.79. The van der Waals surface area contributed by atoms with Gasteiger partial charge in [-0.25, -0.2) is 4.79 Å². The highest BCUT2D eigenvalue weighted by atomic mass is 16.4. The van der Waals surface area contributed by atoms with E-state index < -0.39 is 17.4 Å². The summed E-state index contributed by atoms with van der Waals surface area (Å²) >= 11 is 0. The summed E-state index contributed by atoms with van der Waals surface area (Å²) in [6.45, 7) is 5.32. The molecular formula is C8H13NO3. The second-order valence-electron chi connectivity index (χ2n) is 3.82. The molecule has 1 fully saturated rings. The summed E-state index contributed by atoms with van der Waals surface area (Å²) in [5.41, 5.74) is -0.497. The maximum absolute atomic E-state index is 11.1. The molecule has 0 bridgehead atoms. The van der Waals surface area contributed by atoms with Crippen LogP contribution in [0.3, 0.4) is 0 Å². The van der Waals surface area contributed by atoms with E-state index in [2.05, 4.69) is 5.32 Å². The number of carboxylic acid groups (broad SMARTS) is 1. The highest BCUT2D eigenvalue weighted by molar-refractivity contribution is 5.90. The second kappa shape index (κ2) is 2.47. The fourth-order valence-corrected chi connectivity index (χ4v) is 1.42. The summed E-state index contributed by atoms with van der Waals surface area (Å²) in [5.74, 6) is -1.37. The van der Waals surface area contributed by atoms with E-state index in [1.165, 1.54) is 0 Å². The van der Waals surface area contributed by atoms with E-state index in [1.54, 1.807) is 20.8 Å². The lowest BCUT2D eigenvalue weighted by Gasteiger charge is -2.25. The lowest BCUT2D eigenvalue weighted by molar-refractivity contribution is -0.142. The van der Waals surface area contributed by atoms with Gasteiger partial charge in [-0.1, -0.05) is 20.8 Å². The van der Waals surface area contributed by atoms with Gasteiger partial charge in [-0.05, 0) is 0 Å². The lowest BCUT2D eigenvalue weighted by Crippen LogP contribution is -2.41. The molecule has 0 aromatic carbocycles. The maximum atomic E-state index is 11.1. The molecule has 1 aliphatic heterocycles. The first-order chi connectivity index (χ1) is 5.37. The normalized spacial score (nSPS) is 33.1. The molecule has 1 saturated heterocycles. The molecule has 0 spiro atoms. The zero-order valence-electron chi connectivity index (χ0n) is 7.42. The van der Waals surface area contributed by atoms with Crippen LogP contribution < -0.4 is 5.32 Å². The average Bonchev–Trinajstić information content (AvgIpc) is 2.13. The van der Waals surface area contributed by atoms with Crippen molar-refractivity contribution in [1.82, 2.24) is 5.32 Å². The minimum absolute atomic E-state index is 0.174. The highest BCUT2D eigenvalue weighted by Gasteiger charge is 2.49. The van der Waals surface area contributed by atoms with Gasteiger partial charge in [-0.2, -0.15) is 0 Å². The number of carbonyl (C=O) groups excluding carboxylic acids is 1. The lowest BCUT2D eigenvalue weighted by atomic mass is 9.77. The van der Waals surface area contributed by atoms with Crippen LogP contribution in [0.15, 0.2) is 0 Å². The van der Waals surface area contributed by atoms with Gasteiger partial charge in [0.25, 0.3) is 0 Å². The third-order valence-electron chi connectivity index (χ3n) is 2.79. The maximum Gasteiger partial charge on any atom is 0.326 e. The Labute approximate surface area is 71.0 Å². The van der Waals surface area contributed by atoms with Crippen LogP contribution in [0.2, 0.25) is 0 Å². The minimum atomic E-state index is -0.960. The van der Waals surface area contributed by atoms with E-state index in [9.17, 15) is 9.59 Å². The van der Waals surface area contributed by atoms with E-state index in [0.29, 0.717) is 0 Å². The first kappa shape index (κ1) is 9.03. The average molecular weight is 171 g/mol. The Balaban J connectivity index is 2.95. The summed E-state index contributed by atoms with van der Waals surface area (Å²) in [7, 11) is 0. The fraction of sp³-hybridized carbons (Fsp3) is 0.750. The van der Waals surface area contributed by atoms with Crippen molar-refractivity contribution in [2.75, 3.05) is 0 Å². The number of aliphatic carboxylic acids is 1.